The molecule has 0 nitrogen and oxygen atoms in total. The van der Waals surface area contributed by atoms with Gasteiger partial charge in [0.1, 0.15) is 0 Å². The third-order valence-corrected chi connectivity index (χ3v) is 7.33. The lowest BCUT2D eigenvalue weighted by atomic mass is 10.1. The smallest absolute Gasteiger partial charge is 0.0552 e. The first kappa shape index (κ1) is 11.3. The quantitative estimate of drug-likeness (QED) is 0.464. The second kappa shape index (κ2) is 3.95. The Labute approximate surface area is 115 Å². The summed E-state index contributed by atoms with van der Waals surface area (Å²) in [6.07, 6.45) is 0.994. The molecule has 0 saturated carbocycles. The Hall–Kier alpha value is -1.59. The van der Waals surface area contributed by atoms with E-state index in [4.69, 9.17) is 7.57 Å². The highest BCUT2D eigenvalue weighted by Gasteiger charge is 2.33. The zero-order chi connectivity index (χ0) is 12.9. The summed E-state index contributed by atoms with van der Waals surface area (Å²) < 4.78 is 0. The maximum absolute atomic E-state index is 6.90. The lowest BCUT2D eigenvalue weighted by Crippen LogP contribution is -2.20. The Morgan fingerprint density at radius 3 is 2.32 bits per heavy atom. The molecule has 1 heterocycles. The van der Waals surface area contributed by atoms with Gasteiger partial charge in [0, 0.05) is 16.9 Å². The van der Waals surface area contributed by atoms with Crippen LogP contribution in [0.5, 0.6) is 0 Å². The van der Waals surface area contributed by atoms with Gasteiger partial charge in [0.25, 0.3) is 0 Å². The molecular weight excluding hydrogens is 246 g/mol. The van der Waals surface area contributed by atoms with E-state index < -0.39 is 7.14 Å². The van der Waals surface area contributed by atoms with E-state index in [0.29, 0.717) is 0 Å². The maximum Gasteiger partial charge on any atom is 0.0552 e. The van der Waals surface area contributed by atoms with Crippen LogP contribution in [0.15, 0.2) is 66.7 Å². The highest BCUT2D eigenvalue weighted by Crippen LogP contribution is 2.60. The Morgan fingerprint density at radius 1 is 0.789 bits per heavy atom. The second-order valence-corrected chi connectivity index (χ2v) is 8.21. The molecule has 2 heteroatoms. The summed E-state index contributed by atoms with van der Waals surface area (Å²) in [5.41, 5.74) is 1.41. The van der Waals surface area contributed by atoms with Crippen LogP contribution >= 0.6 is 7.14 Å². The van der Waals surface area contributed by atoms with Crippen LogP contribution in [0.1, 0.15) is 5.56 Å². The normalized spacial score (nSPS) is 20.9. The fourth-order valence-electron chi connectivity index (χ4n) is 3.14. The standard InChI is InChI=1S/C17H13BP/c18-19(15-9-2-1-3-10-15)12-14-8-4-6-13-7-5-11-16(19)17(13)14/h1-11H,12H2. The molecule has 3 aromatic carbocycles. The van der Waals surface area contributed by atoms with Crippen molar-refractivity contribution in [1.82, 2.24) is 0 Å². The predicted octanol–water partition coefficient (Wildman–Crippen LogP) is 3.41. The number of benzene rings is 3. The molecule has 1 atom stereocenters. The van der Waals surface area contributed by atoms with E-state index >= 15 is 0 Å². The first-order valence-corrected chi connectivity index (χ1v) is 8.57. The molecule has 4 rings (SSSR count). The average Bonchev–Trinajstić information content (AvgIpc) is 2.77. The van der Waals surface area contributed by atoms with E-state index in [1.54, 1.807) is 0 Å². The summed E-state index contributed by atoms with van der Waals surface area (Å²) in [5, 5.41) is 5.38. The minimum absolute atomic E-state index is 0.994. The summed E-state index contributed by atoms with van der Waals surface area (Å²) in [5.74, 6) is 0. The monoisotopic (exact) mass is 259 g/mol. The average molecular weight is 259 g/mol. The van der Waals surface area contributed by atoms with Gasteiger partial charge in [-0.3, -0.25) is 7.57 Å². The highest BCUT2D eigenvalue weighted by molar-refractivity contribution is 8.08. The van der Waals surface area contributed by atoms with E-state index in [1.807, 2.05) is 0 Å². The molecule has 1 aliphatic heterocycles. The first-order chi connectivity index (χ1) is 9.29. The van der Waals surface area contributed by atoms with Gasteiger partial charge in [0.2, 0.25) is 0 Å². The molecule has 3 aromatic rings. The number of rotatable bonds is 1. The molecule has 0 N–H and O–H groups in total. The fraction of sp³-hybridized carbons (Fsp3) is 0.0588. The molecule has 0 spiro atoms. The van der Waals surface area contributed by atoms with Crippen LogP contribution in [-0.2, 0) is 6.16 Å². The van der Waals surface area contributed by atoms with Crippen LogP contribution in [0.4, 0.5) is 0 Å². The Bertz CT molecular complexity index is 761. The van der Waals surface area contributed by atoms with Crippen molar-refractivity contribution in [2.75, 3.05) is 0 Å². The van der Waals surface area contributed by atoms with Crippen LogP contribution in [0, 0.1) is 0 Å². The summed E-state index contributed by atoms with van der Waals surface area (Å²) in [6, 6.07) is 23.7. The van der Waals surface area contributed by atoms with Crippen molar-refractivity contribution in [2.24, 2.45) is 0 Å². The zero-order valence-electron chi connectivity index (χ0n) is 10.6. The van der Waals surface area contributed by atoms with Crippen LogP contribution in [0.2, 0.25) is 0 Å². The van der Waals surface area contributed by atoms with Crippen molar-refractivity contribution in [3.8, 4) is 0 Å². The number of hydrogen-bond acceptors (Lipinski definition) is 0. The van der Waals surface area contributed by atoms with Gasteiger partial charge < -0.3 is 0 Å². The van der Waals surface area contributed by atoms with E-state index in [9.17, 15) is 0 Å². The molecule has 1 aliphatic rings. The highest BCUT2D eigenvalue weighted by atomic mass is 31.2. The van der Waals surface area contributed by atoms with Gasteiger partial charge in [0.05, 0.1) is 5.30 Å². The van der Waals surface area contributed by atoms with Crippen molar-refractivity contribution >= 4 is 36.1 Å². The predicted molar refractivity (Wildman–Crippen MR) is 86.0 cm³/mol. The molecule has 0 fully saturated rings. The third kappa shape index (κ3) is 1.52. The molecule has 3 radical (unpaired) electrons. The van der Waals surface area contributed by atoms with E-state index in [-0.39, 0.29) is 0 Å². The van der Waals surface area contributed by atoms with Crippen molar-refractivity contribution in [3.63, 3.8) is 0 Å². The van der Waals surface area contributed by atoms with E-state index in [1.165, 1.54) is 26.9 Å². The van der Waals surface area contributed by atoms with Crippen LogP contribution in [-0.4, -0.2) is 7.57 Å². The zero-order valence-corrected chi connectivity index (χ0v) is 11.5. The van der Waals surface area contributed by atoms with Gasteiger partial charge in [-0.05, 0) is 29.1 Å². The summed E-state index contributed by atoms with van der Waals surface area (Å²) in [4.78, 5) is 0. The topological polar surface area (TPSA) is 0 Å². The maximum atomic E-state index is 6.90. The Balaban J connectivity index is 2.04. The second-order valence-electron chi connectivity index (χ2n) is 5.15. The molecule has 1 unspecified atom stereocenters. The molecule has 89 valence electrons. The van der Waals surface area contributed by atoms with Crippen LogP contribution < -0.4 is 10.6 Å². The molecule has 0 saturated heterocycles. The number of hydrogen-bond donors (Lipinski definition) is 0. The van der Waals surface area contributed by atoms with Crippen molar-refractivity contribution in [3.05, 3.63) is 72.3 Å². The van der Waals surface area contributed by atoms with Crippen LogP contribution in [0.25, 0.3) is 10.8 Å². The first-order valence-electron chi connectivity index (χ1n) is 6.52. The van der Waals surface area contributed by atoms with Gasteiger partial charge in [-0.15, -0.1) is 0 Å². The minimum atomic E-state index is -1.73. The van der Waals surface area contributed by atoms with Gasteiger partial charge in [0.15, 0.2) is 0 Å². The van der Waals surface area contributed by atoms with Crippen molar-refractivity contribution in [1.29, 1.82) is 0 Å². The summed E-state index contributed by atoms with van der Waals surface area (Å²) in [6.45, 7) is 0. The Morgan fingerprint density at radius 2 is 1.53 bits per heavy atom. The lowest BCUT2D eigenvalue weighted by Gasteiger charge is -2.32. The SMILES string of the molecule is [B-][P+]1(c2ccccc2)Cc2cccc3cccc1c23. The largest absolute Gasteiger partial charge is 0.291 e. The molecule has 19 heavy (non-hydrogen) atoms. The molecule has 0 aliphatic carbocycles. The summed E-state index contributed by atoms with van der Waals surface area (Å²) in [7, 11) is 5.17. The van der Waals surface area contributed by atoms with E-state index in [2.05, 4.69) is 66.7 Å². The van der Waals surface area contributed by atoms with Gasteiger partial charge in [-0.2, -0.15) is 7.14 Å². The van der Waals surface area contributed by atoms with Gasteiger partial charge >= 0.3 is 0 Å². The molecule has 0 amide bonds. The Kier molecular flexibility index (Phi) is 2.34. The van der Waals surface area contributed by atoms with Crippen molar-refractivity contribution in [2.45, 2.75) is 6.16 Å². The van der Waals surface area contributed by atoms with E-state index in [0.717, 1.165) is 6.16 Å². The molecular formula is C17H13BP. The molecule has 0 aromatic heterocycles. The molecule has 0 bridgehead atoms. The van der Waals surface area contributed by atoms with Gasteiger partial charge in [-0.25, -0.2) is 0 Å². The van der Waals surface area contributed by atoms with Crippen molar-refractivity contribution < 1.29 is 0 Å². The van der Waals surface area contributed by atoms with Crippen LogP contribution in [0.3, 0.4) is 0 Å². The van der Waals surface area contributed by atoms with Gasteiger partial charge in [-0.1, -0.05) is 48.5 Å². The summed E-state index contributed by atoms with van der Waals surface area (Å²) >= 11 is 0. The third-order valence-electron chi connectivity index (χ3n) is 4.04. The minimum Gasteiger partial charge on any atom is -0.291 e. The lowest BCUT2D eigenvalue weighted by molar-refractivity contribution is 1.48. The fourth-order valence-corrected chi connectivity index (χ4v) is 6.30.